The summed E-state index contributed by atoms with van der Waals surface area (Å²) in [5.41, 5.74) is 3.67. The van der Waals surface area contributed by atoms with Crippen LogP contribution in [0.2, 0.25) is 0 Å². The molecule has 0 unspecified atom stereocenters. The van der Waals surface area contributed by atoms with Gasteiger partial charge in [0.05, 0.1) is 28.4 Å². The van der Waals surface area contributed by atoms with Crippen molar-refractivity contribution in [1.82, 2.24) is 14.8 Å². The van der Waals surface area contributed by atoms with Gasteiger partial charge >= 0.3 is 0 Å². The number of hydrogen-bond acceptors (Lipinski definition) is 4. The van der Waals surface area contributed by atoms with Gasteiger partial charge in [-0.3, -0.25) is 19.8 Å². The van der Waals surface area contributed by atoms with Crippen molar-refractivity contribution in [3.8, 4) is 0 Å². The molecule has 1 aliphatic rings. The molecule has 0 atom stereocenters. The largest absolute Gasteiger partial charge is 0.280 e. The van der Waals surface area contributed by atoms with Crippen LogP contribution >= 0.6 is 0 Å². The molecule has 0 aliphatic heterocycles. The molecule has 6 heteroatoms. The third kappa shape index (κ3) is 2.46. The molecule has 6 nitrogen and oxygen atoms in total. The summed E-state index contributed by atoms with van der Waals surface area (Å²) in [4.78, 5) is 15.6. The van der Waals surface area contributed by atoms with Gasteiger partial charge in [0.15, 0.2) is 0 Å². The van der Waals surface area contributed by atoms with E-state index in [9.17, 15) is 10.1 Å². The lowest BCUT2D eigenvalue weighted by atomic mass is 10.1. The van der Waals surface area contributed by atoms with Crippen molar-refractivity contribution in [2.75, 3.05) is 0 Å². The van der Waals surface area contributed by atoms with E-state index in [-0.39, 0.29) is 10.6 Å². The van der Waals surface area contributed by atoms with Crippen LogP contribution in [-0.2, 0) is 6.54 Å². The maximum absolute atomic E-state index is 11.4. The minimum Gasteiger partial charge on any atom is -0.258 e. The van der Waals surface area contributed by atoms with Gasteiger partial charge in [0.1, 0.15) is 5.39 Å². The van der Waals surface area contributed by atoms with Crippen LogP contribution in [0.15, 0.2) is 36.4 Å². The second kappa shape index (κ2) is 5.15. The zero-order valence-corrected chi connectivity index (χ0v) is 12.8. The fraction of sp³-hybridized carbons (Fsp3) is 0.294. The van der Waals surface area contributed by atoms with Crippen molar-refractivity contribution >= 4 is 16.6 Å². The lowest BCUT2D eigenvalue weighted by Crippen LogP contribution is -2.04. The number of benzene rings is 1. The fourth-order valence-electron chi connectivity index (χ4n) is 3.00. The Bertz CT molecular complexity index is 912. The molecule has 0 radical (unpaired) electrons. The second-order valence-corrected chi connectivity index (χ2v) is 6.02. The van der Waals surface area contributed by atoms with Crippen molar-refractivity contribution in [2.24, 2.45) is 0 Å². The molecule has 3 aromatic rings. The summed E-state index contributed by atoms with van der Waals surface area (Å²) in [5.74, 6) is 0.352. The Balaban J connectivity index is 1.87. The van der Waals surface area contributed by atoms with Crippen LogP contribution in [0.4, 0.5) is 5.69 Å². The van der Waals surface area contributed by atoms with Crippen molar-refractivity contribution in [2.45, 2.75) is 32.2 Å². The first-order chi connectivity index (χ1) is 11.1. The average molecular weight is 308 g/mol. The summed E-state index contributed by atoms with van der Waals surface area (Å²) in [7, 11) is 0. The number of aryl methyl sites for hydroxylation is 1. The SMILES string of the molecule is Cc1cccc(Cn2nc(C3CC3)c3c([N+](=O)[O-])cccc32)n1. The number of rotatable bonds is 4. The summed E-state index contributed by atoms with van der Waals surface area (Å²) in [5, 5.41) is 16.8. The molecule has 4 rings (SSSR count). The topological polar surface area (TPSA) is 73.8 Å². The van der Waals surface area contributed by atoms with Crippen molar-refractivity contribution < 1.29 is 4.92 Å². The molecule has 1 saturated carbocycles. The van der Waals surface area contributed by atoms with E-state index < -0.39 is 0 Å². The number of nitrogens with zero attached hydrogens (tertiary/aromatic N) is 4. The molecular formula is C17H16N4O2. The van der Waals surface area contributed by atoms with Crippen molar-refractivity contribution in [1.29, 1.82) is 0 Å². The molecule has 0 saturated heterocycles. The van der Waals surface area contributed by atoms with Crippen LogP contribution in [0.5, 0.6) is 0 Å². The monoisotopic (exact) mass is 308 g/mol. The zero-order chi connectivity index (χ0) is 16.0. The van der Waals surface area contributed by atoms with E-state index in [4.69, 9.17) is 5.10 Å². The Labute approximate surface area is 132 Å². The minimum absolute atomic E-state index is 0.146. The van der Waals surface area contributed by atoms with Crippen LogP contribution < -0.4 is 0 Å². The van der Waals surface area contributed by atoms with Crippen LogP contribution in [0.3, 0.4) is 0 Å². The molecule has 1 aromatic carbocycles. The fourth-order valence-corrected chi connectivity index (χ4v) is 3.00. The number of hydrogen-bond donors (Lipinski definition) is 0. The molecule has 0 amide bonds. The van der Waals surface area contributed by atoms with Gasteiger partial charge in [0, 0.05) is 17.7 Å². The van der Waals surface area contributed by atoms with E-state index in [1.807, 2.05) is 35.9 Å². The second-order valence-electron chi connectivity index (χ2n) is 6.02. The first-order valence-corrected chi connectivity index (χ1v) is 7.70. The normalized spacial score (nSPS) is 14.3. The van der Waals surface area contributed by atoms with Gasteiger partial charge in [-0.15, -0.1) is 0 Å². The third-order valence-corrected chi connectivity index (χ3v) is 4.20. The van der Waals surface area contributed by atoms with Crippen LogP contribution in [0.25, 0.3) is 10.9 Å². The number of nitro groups is 1. The highest BCUT2D eigenvalue weighted by Crippen LogP contribution is 2.44. The smallest absolute Gasteiger partial charge is 0.258 e. The van der Waals surface area contributed by atoms with Gasteiger partial charge in [-0.1, -0.05) is 12.1 Å². The van der Waals surface area contributed by atoms with Crippen LogP contribution in [0.1, 0.15) is 35.8 Å². The number of non-ortho nitro benzene ring substituents is 1. The first kappa shape index (κ1) is 13.9. The van der Waals surface area contributed by atoms with Gasteiger partial charge in [0.25, 0.3) is 5.69 Å². The molecule has 0 bridgehead atoms. The summed E-state index contributed by atoms with van der Waals surface area (Å²) in [6, 6.07) is 11.1. The van der Waals surface area contributed by atoms with E-state index in [0.717, 1.165) is 35.4 Å². The minimum atomic E-state index is -0.314. The molecule has 1 aliphatic carbocycles. The van der Waals surface area contributed by atoms with E-state index in [0.29, 0.717) is 17.8 Å². The predicted octanol–water partition coefficient (Wildman–Crippen LogP) is 3.57. The van der Waals surface area contributed by atoms with Gasteiger partial charge in [-0.25, -0.2) is 0 Å². The number of pyridine rings is 1. The summed E-state index contributed by atoms with van der Waals surface area (Å²) in [6.07, 6.45) is 2.11. The number of nitro benzene ring substituents is 1. The first-order valence-electron chi connectivity index (χ1n) is 7.70. The van der Waals surface area contributed by atoms with Crippen LogP contribution in [-0.4, -0.2) is 19.7 Å². The molecule has 0 spiro atoms. The molecule has 2 aromatic heterocycles. The molecular weight excluding hydrogens is 292 g/mol. The third-order valence-electron chi connectivity index (χ3n) is 4.20. The van der Waals surface area contributed by atoms with Gasteiger partial charge in [-0.05, 0) is 38.0 Å². The average Bonchev–Trinajstić information content (AvgIpc) is 3.30. The zero-order valence-electron chi connectivity index (χ0n) is 12.8. The molecule has 0 N–H and O–H groups in total. The van der Waals surface area contributed by atoms with Crippen molar-refractivity contribution in [3.63, 3.8) is 0 Å². The molecule has 116 valence electrons. The predicted molar refractivity (Wildman–Crippen MR) is 86.4 cm³/mol. The Hall–Kier alpha value is -2.76. The van der Waals surface area contributed by atoms with E-state index in [2.05, 4.69) is 4.98 Å². The molecule has 1 fully saturated rings. The maximum Gasteiger partial charge on any atom is 0.280 e. The Morgan fingerprint density at radius 2 is 2.04 bits per heavy atom. The summed E-state index contributed by atoms with van der Waals surface area (Å²) < 4.78 is 1.84. The Kier molecular flexibility index (Phi) is 3.11. The van der Waals surface area contributed by atoms with Crippen LogP contribution in [0, 0.1) is 17.0 Å². The quantitative estimate of drug-likeness (QED) is 0.545. The summed E-state index contributed by atoms with van der Waals surface area (Å²) >= 11 is 0. The van der Waals surface area contributed by atoms with E-state index in [1.54, 1.807) is 12.1 Å². The number of aromatic nitrogens is 3. The number of fused-ring (bicyclic) bond motifs is 1. The van der Waals surface area contributed by atoms with Gasteiger partial charge in [-0.2, -0.15) is 5.10 Å². The summed E-state index contributed by atoms with van der Waals surface area (Å²) in [6.45, 7) is 2.47. The highest BCUT2D eigenvalue weighted by atomic mass is 16.6. The van der Waals surface area contributed by atoms with E-state index >= 15 is 0 Å². The lowest BCUT2D eigenvalue weighted by molar-refractivity contribution is -0.383. The molecule has 2 heterocycles. The van der Waals surface area contributed by atoms with E-state index in [1.165, 1.54) is 0 Å². The maximum atomic E-state index is 11.4. The highest BCUT2D eigenvalue weighted by molar-refractivity contribution is 5.91. The standard InChI is InChI=1S/C17H16N4O2/c1-11-4-2-5-13(18-11)10-20-14-6-3-7-15(21(22)23)16(14)17(19-20)12-8-9-12/h2-7,12H,8-10H2,1H3. The van der Waals surface area contributed by atoms with Crippen molar-refractivity contribution in [3.05, 3.63) is 63.6 Å². The van der Waals surface area contributed by atoms with Gasteiger partial charge in [0.2, 0.25) is 0 Å². The van der Waals surface area contributed by atoms with Gasteiger partial charge < -0.3 is 0 Å². The Morgan fingerprint density at radius 1 is 1.26 bits per heavy atom. The lowest BCUT2D eigenvalue weighted by Gasteiger charge is -2.04. The highest BCUT2D eigenvalue weighted by Gasteiger charge is 2.32. The molecule has 23 heavy (non-hydrogen) atoms. The Morgan fingerprint density at radius 3 is 2.74 bits per heavy atom.